The van der Waals surface area contributed by atoms with Crippen molar-refractivity contribution in [3.8, 4) is 56.4 Å². The molecule has 52 heavy (non-hydrogen) atoms. The van der Waals surface area contributed by atoms with Crippen molar-refractivity contribution in [3.05, 3.63) is 182 Å². The Bertz CT molecular complexity index is 2930. The van der Waals surface area contributed by atoms with Crippen molar-refractivity contribution in [2.75, 3.05) is 0 Å². The van der Waals surface area contributed by atoms with E-state index in [4.69, 9.17) is 15.0 Å². The third kappa shape index (κ3) is 5.17. The molecule has 8 aromatic carbocycles. The Labute approximate surface area is 300 Å². The second-order valence-corrected chi connectivity index (χ2v) is 13.1. The Hall–Kier alpha value is -7.04. The summed E-state index contributed by atoms with van der Waals surface area (Å²) in [6, 6.07) is 61.6. The van der Waals surface area contributed by atoms with Crippen molar-refractivity contribution in [2.24, 2.45) is 0 Å². The Morgan fingerprint density at radius 2 is 0.827 bits per heavy atom. The van der Waals surface area contributed by atoms with Gasteiger partial charge in [-0.1, -0.05) is 164 Å². The van der Waals surface area contributed by atoms with E-state index in [-0.39, 0.29) is 0 Å². The molecule has 10 rings (SSSR count). The zero-order valence-electron chi connectivity index (χ0n) is 28.1. The topological polar surface area (TPSA) is 51.6 Å². The first-order valence-electron chi connectivity index (χ1n) is 17.5. The molecule has 2 heterocycles. The number of fused-ring (bicyclic) bond motifs is 6. The molecule has 0 fully saturated rings. The molecule has 4 heteroatoms. The predicted molar refractivity (Wildman–Crippen MR) is 215 cm³/mol. The molecular weight excluding hydrogens is 633 g/mol. The summed E-state index contributed by atoms with van der Waals surface area (Å²) in [5, 5.41) is 8.66. The van der Waals surface area contributed by atoms with Crippen molar-refractivity contribution in [3.63, 3.8) is 0 Å². The first-order chi connectivity index (χ1) is 25.8. The highest BCUT2D eigenvalue weighted by Crippen LogP contribution is 2.39. The van der Waals surface area contributed by atoms with Crippen molar-refractivity contribution < 1.29 is 0 Å². The maximum atomic E-state index is 5.04. The maximum absolute atomic E-state index is 5.04. The standard InChI is InChI=1S/C48H30N4/c1-2-11-35(12-3-1)46-50-47(36-24-19-32(20-25-36)40-18-8-13-34-14-9-29-49-45(34)40)52-48(51-46)37-26-21-33(22-27-37)43-30-38-28-23-31-10-4-5-15-39(31)44(38)42-17-7-6-16-41(42)43/h1-30H. The monoisotopic (exact) mass is 662 g/mol. The zero-order chi connectivity index (χ0) is 34.4. The largest absolute Gasteiger partial charge is 0.256 e. The van der Waals surface area contributed by atoms with Gasteiger partial charge in [-0.2, -0.15) is 0 Å². The molecule has 0 atom stereocenters. The lowest BCUT2D eigenvalue weighted by molar-refractivity contribution is 1.07. The van der Waals surface area contributed by atoms with Crippen molar-refractivity contribution in [1.29, 1.82) is 0 Å². The number of rotatable bonds is 5. The molecule has 0 spiro atoms. The number of hydrogen-bond acceptors (Lipinski definition) is 4. The zero-order valence-corrected chi connectivity index (χ0v) is 28.1. The highest BCUT2D eigenvalue weighted by molar-refractivity contribution is 6.23. The minimum atomic E-state index is 0.628. The Morgan fingerprint density at radius 3 is 1.54 bits per heavy atom. The van der Waals surface area contributed by atoms with Crippen LogP contribution in [0.1, 0.15) is 0 Å². The Morgan fingerprint density at radius 1 is 0.308 bits per heavy atom. The van der Waals surface area contributed by atoms with E-state index >= 15 is 0 Å². The Balaban J connectivity index is 1.06. The summed E-state index contributed by atoms with van der Waals surface area (Å²) < 4.78 is 0. The van der Waals surface area contributed by atoms with Gasteiger partial charge in [-0.15, -0.1) is 0 Å². The molecule has 4 nitrogen and oxygen atoms in total. The molecule has 10 aromatic rings. The highest BCUT2D eigenvalue weighted by Gasteiger charge is 2.15. The van der Waals surface area contributed by atoms with E-state index in [1.807, 2.05) is 42.6 Å². The van der Waals surface area contributed by atoms with Gasteiger partial charge < -0.3 is 0 Å². The van der Waals surface area contributed by atoms with E-state index in [9.17, 15) is 0 Å². The molecule has 0 aliphatic carbocycles. The molecule has 0 N–H and O–H groups in total. The van der Waals surface area contributed by atoms with E-state index in [0.29, 0.717) is 17.5 Å². The summed E-state index contributed by atoms with van der Waals surface area (Å²) in [6.45, 7) is 0. The first kappa shape index (κ1) is 29.8. The van der Waals surface area contributed by atoms with E-state index < -0.39 is 0 Å². The van der Waals surface area contributed by atoms with Crippen LogP contribution in [-0.4, -0.2) is 19.9 Å². The normalized spacial score (nSPS) is 11.5. The lowest BCUT2D eigenvalue weighted by Crippen LogP contribution is -2.00. The number of nitrogens with zero attached hydrogens (tertiary/aromatic N) is 4. The summed E-state index contributed by atoms with van der Waals surface area (Å²) >= 11 is 0. The van der Waals surface area contributed by atoms with Crippen molar-refractivity contribution in [2.45, 2.75) is 0 Å². The number of benzene rings is 8. The van der Waals surface area contributed by atoms with Gasteiger partial charge in [0, 0.05) is 33.8 Å². The quantitative estimate of drug-likeness (QED) is 0.172. The second kappa shape index (κ2) is 12.4. The van der Waals surface area contributed by atoms with Crippen LogP contribution in [-0.2, 0) is 0 Å². The SMILES string of the molecule is c1ccc(-c2nc(-c3ccc(-c4cc5ccc6ccccc6c5c5ccccc45)cc3)nc(-c3ccc(-c4cccc5cccnc45)cc3)n2)cc1. The molecule has 0 amide bonds. The van der Waals surface area contributed by atoms with E-state index in [1.165, 1.54) is 37.9 Å². The maximum Gasteiger partial charge on any atom is 0.164 e. The van der Waals surface area contributed by atoms with Gasteiger partial charge in [-0.25, -0.2) is 15.0 Å². The number of pyridine rings is 1. The third-order valence-electron chi connectivity index (χ3n) is 9.96. The summed E-state index contributed by atoms with van der Waals surface area (Å²) in [4.78, 5) is 19.7. The van der Waals surface area contributed by atoms with Crippen LogP contribution in [0.3, 0.4) is 0 Å². The van der Waals surface area contributed by atoms with Crippen LogP contribution in [0.2, 0.25) is 0 Å². The fourth-order valence-corrected chi connectivity index (χ4v) is 7.40. The predicted octanol–water partition coefficient (Wildman–Crippen LogP) is 12.2. The minimum absolute atomic E-state index is 0.628. The molecule has 0 unspecified atom stereocenters. The fourth-order valence-electron chi connectivity index (χ4n) is 7.40. The molecule has 0 aliphatic rings. The van der Waals surface area contributed by atoms with Gasteiger partial charge in [0.15, 0.2) is 17.5 Å². The van der Waals surface area contributed by atoms with Crippen molar-refractivity contribution >= 4 is 43.2 Å². The molecule has 0 saturated heterocycles. The molecule has 242 valence electrons. The van der Waals surface area contributed by atoms with Gasteiger partial charge in [0.2, 0.25) is 0 Å². The van der Waals surface area contributed by atoms with Crippen LogP contribution >= 0.6 is 0 Å². The molecule has 0 bridgehead atoms. The smallest absolute Gasteiger partial charge is 0.164 e. The minimum Gasteiger partial charge on any atom is -0.256 e. The van der Waals surface area contributed by atoms with Crippen molar-refractivity contribution in [1.82, 2.24) is 19.9 Å². The van der Waals surface area contributed by atoms with Crippen LogP contribution in [0.15, 0.2) is 182 Å². The highest BCUT2D eigenvalue weighted by atomic mass is 15.0. The number of para-hydroxylation sites is 1. The summed E-state index contributed by atoms with van der Waals surface area (Å²) in [7, 11) is 0. The van der Waals surface area contributed by atoms with Gasteiger partial charge in [-0.05, 0) is 61.1 Å². The molecule has 0 aliphatic heterocycles. The van der Waals surface area contributed by atoms with E-state index in [0.717, 1.165) is 44.3 Å². The fraction of sp³-hybridized carbons (Fsp3) is 0. The van der Waals surface area contributed by atoms with Gasteiger partial charge in [0.05, 0.1) is 5.52 Å². The molecular formula is C48H30N4. The van der Waals surface area contributed by atoms with Crippen LogP contribution in [0, 0.1) is 0 Å². The van der Waals surface area contributed by atoms with Gasteiger partial charge >= 0.3 is 0 Å². The van der Waals surface area contributed by atoms with E-state index in [2.05, 4.69) is 145 Å². The average molecular weight is 663 g/mol. The molecule has 2 aromatic heterocycles. The number of hydrogen-bond donors (Lipinski definition) is 0. The van der Waals surface area contributed by atoms with Crippen LogP contribution < -0.4 is 0 Å². The average Bonchev–Trinajstić information content (AvgIpc) is 3.23. The Kier molecular flexibility index (Phi) is 7.10. The van der Waals surface area contributed by atoms with Gasteiger partial charge in [0.25, 0.3) is 0 Å². The lowest BCUT2D eigenvalue weighted by atomic mass is 9.90. The van der Waals surface area contributed by atoms with Crippen LogP contribution in [0.4, 0.5) is 0 Å². The van der Waals surface area contributed by atoms with E-state index in [1.54, 1.807) is 0 Å². The second-order valence-electron chi connectivity index (χ2n) is 13.1. The van der Waals surface area contributed by atoms with Gasteiger partial charge in [-0.3, -0.25) is 4.98 Å². The molecule has 0 saturated carbocycles. The summed E-state index contributed by atoms with van der Waals surface area (Å²) in [5.41, 5.74) is 8.31. The molecule has 0 radical (unpaired) electrons. The first-order valence-corrected chi connectivity index (χ1v) is 17.5. The van der Waals surface area contributed by atoms with Crippen LogP contribution in [0.5, 0.6) is 0 Å². The number of aromatic nitrogens is 4. The lowest BCUT2D eigenvalue weighted by Gasteiger charge is -2.14. The summed E-state index contributed by atoms with van der Waals surface area (Å²) in [6.07, 6.45) is 1.84. The third-order valence-corrected chi connectivity index (χ3v) is 9.96. The van der Waals surface area contributed by atoms with Gasteiger partial charge in [0.1, 0.15) is 0 Å². The van der Waals surface area contributed by atoms with Crippen LogP contribution in [0.25, 0.3) is 99.6 Å². The summed E-state index contributed by atoms with van der Waals surface area (Å²) in [5.74, 6) is 1.90.